The fourth-order valence-corrected chi connectivity index (χ4v) is 4.89. The maximum absolute atomic E-state index is 12.6. The van der Waals surface area contributed by atoms with Crippen LogP contribution in [0.3, 0.4) is 0 Å². The van der Waals surface area contributed by atoms with Crippen molar-refractivity contribution >= 4 is 28.3 Å². The molecule has 0 saturated heterocycles. The third-order valence-corrected chi connectivity index (χ3v) is 6.92. The van der Waals surface area contributed by atoms with Crippen molar-refractivity contribution < 1.29 is 4.79 Å². The van der Waals surface area contributed by atoms with E-state index in [1.54, 1.807) is 0 Å². The number of fused-ring (bicyclic) bond motifs is 1. The van der Waals surface area contributed by atoms with E-state index in [1.807, 2.05) is 75.5 Å². The van der Waals surface area contributed by atoms with Crippen molar-refractivity contribution in [1.29, 1.82) is 5.26 Å². The normalized spacial score (nSPS) is 10.8. The van der Waals surface area contributed by atoms with E-state index in [-0.39, 0.29) is 5.91 Å². The number of aromatic nitrogens is 2. The van der Waals surface area contributed by atoms with Crippen molar-refractivity contribution in [3.63, 3.8) is 0 Å². The highest BCUT2D eigenvalue weighted by molar-refractivity contribution is 5.96. The van der Waals surface area contributed by atoms with Gasteiger partial charge in [-0.1, -0.05) is 61.5 Å². The molecule has 194 valence electrons. The number of aryl methyl sites for hydroxylation is 2. The minimum Gasteiger partial charge on any atom is -0.379 e. The molecular formula is C33H31N5O. The lowest BCUT2D eigenvalue weighted by Crippen LogP contribution is -2.14. The molecule has 6 nitrogen and oxygen atoms in total. The first-order valence-corrected chi connectivity index (χ1v) is 13.2. The molecule has 0 saturated carbocycles. The van der Waals surface area contributed by atoms with E-state index < -0.39 is 0 Å². The minimum atomic E-state index is -0.000332. The van der Waals surface area contributed by atoms with Gasteiger partial charge in [0.1, 0.15) is 5.82 Å². The molecule has 5 aromatic rings. The van der Waals surface area contributed by atoms with Crippen LogP contribution in [0, 0.1) is 18.3 Å². The van der Waals surface area contributed by atoms with Gasteiger partial charge in [0, 0.05) is 25.6 Å². The maximum Gasteiger partial charge on any atom is 0.224 e. The number of hydrogen-bond acceptors (Lipinski definition) is 4. The van der Waals surface area contributed by atoms with Crippen LogP contribution < -0.4 is 10.6 Å². The van der Waals surface area contributed by atoms with Crippen molar-refractivity contribution in [3.05, 3.63) is 102 Å². The zero-order valence-electron chi connectivity index (χ0n) is 22.5. The van der Waals surface area contributed by atoms with Gasteiger partial charge >= 0.3 is 0 Å². The van der Waals surface area contributed by atoms with Crippen LogP contribution in [0.5, 0.6) is 0 Å². The Labute approximate surface area is 228 Å². The van der Waals surface area contributed by atoms with E-state index in [4.69, 9.17) is 4.98 Å². The lowest BCUT2D eigenvalue weighted by molar-refractivity contribution is -0.116. The molecule has 0 unspecified atom stereocenters. The fraction of sp³-hybridized carbons (Fsp3) is 0.182. The van der Waals surface area contributed by atoms with Gasteiger partial charge in [0.15, 0.2) is 0 Å². The molecule has 2 N–H and O–H groups in total. The SMILES string of the molecule is CCCC(=O)Nc1c(C)cc(-c2nc3ccccc3n2C)cc1NCc1ccc(-c2ccccc2C#N)cc1. The number of nitrogens with zero attached hydrogens (tertiary/aromatic N) is 3. The molecule has 1 amide bonds. The first kappa shape index (κ1) is 25.7. The molecule has 1 aromatic heterocycles. The van der Waals surface area contributed by atoms with Crippen LogP contribution in [0.15, 0.2) is 84.9 Å². The number of carbonyl (C=O) groups excluding carboxylic acids is 1. The van der Waals surface area contributed by atoms with Crippen LogP contribution in [-0.2, 0) is 18.4 Å². The van der Waals surface area contributed by atoms with E-state index in [1.165, 1.54) is 0 Å². The summed E-state index contributed by atoms with van der Waals surface area (Å²) in [5, 5.41) is 16.1. The smallest absolute Gasteiger partial charge is 0.224 e. The van der Waals surface area contributed by atoms with Crippen LogP contribution in [0.2, 0.25) is 0 Å². The highest BCUT2D eigenvalue weighted by Gasteiger charge is 2.16. The third kappa shape index (κ3) is 5.39. The largest absolute Gasteiger partial charge is 0.379 e. The van der Waals surface area contributed by atoms with Gasteiger partial charge in [-0.25, -0.2) is 4.98 Å². The summed E-state index contributed by atoms with van der Waals surface area (Å²) in [4.78, 5) is 17.4. The number of imidazole rings is 1. The molecule has 0 atom stereocenters. The standard InChI is InChI=1S/C33H31N5O/c1-4-9-31(39)37-32-22(2)18-26(33-36-28-12-7-8-13-30(28)38(33)3)19-29(32)35-21-23-14-16-24(17-15-23)27-11-6-5-10-25(27)20-34/h5-8,10-19,35H,4,9,21H2,1-3H3,(H,37,39). The highest BCUT2D eigenvalue weighted by Crippen LogP contribution is 2.34. The summed E-state index contributed by atoms with van der Waals surface area (Å²) in [5.74, 6) is 0.869. The van der Waals surface area contributed by atoms with Gasteiger partial charge in [-0.15, -0.1) is 0 Å². The summed E-state index contributed by atoms with van der Waals surface area (Å²) in [6.07, 6.45) is 1.25. The molecule has 0 spiro atoms. The Hall–Kier alpha value is -4.89. The molecule has 0 fully saturated rings. The molecule has 0 radical (unpaired) electrons. The summed E-state index contributed by atoms with van der Waals surface area (Å²) >= 11 is 0. The topological polar surface area (TPSA) is 82.7 Å². The number of para-hydroxylation sites is 2. The average Bonchev–Trinajstić information content (AvgIpc) is 3.30. The van der Waals surface area contributed by atoms with Crippen molar-refractivity contribution in [2.45, 2.75) is 33.2 Å². The predicted octanol–water partition coefficient (Wildman–Crippen LogP) is 7.44. The lowest BCUT2D eigenvalue weighted by Gasteiger charge is -2.18. The summed E-state index contributed by atoms with van der Waals surface area (Å²) in [5.41, 5.74) is 9.26. The van der Waals surface area contributed by atoms with Gasteiger partial charge in [-0.3, -0.25) is 4.79 Å². The number of amides is 1. The molecule has 0 aliphatic rings. The van der Waals surface area contributed by atoms with E-state index in [0.717, 1.165) is 62.5 Å². The lowest BCUT2D eigenvalue weighted by atomic mass is 9.99. The van der Waals surface area contributed by atoms with E-state index in [2.05, 4.69) is 51.6 Å². The second-order valence-electron chi connectivity index (χ2n) is 9.70. The number of benzene rings is 4. The number of rotatable bonds is 8. The van der Waals surface area contributed by atoms with Gasteiger partial charge in [0.2, 0.25) is 5.91 Å². The van der Waals surface area contributed by atoms with Crippen LogP contribution in [0.4, 0.5) is 11.4 Å². The van der Waals surface area contributed by atoms with Gasteiger partial charge in [0.25, 0.3) is 0 Å². The maximum atomic E-state index is 12.6. The molecule has 1 heterocycles. The van der Waals surface area contributed by atoms with Crippen molar-refractivity contribution in [1.82, 2.24) is 9.55 Å². The quantitative estimate of drug-likeness (QED) is 0.226. The highest BCUT2D eigenvalue weighted by atomic mass is 16.1. The Kier molecular flexibility index (Phi) is 7.42. The average molecular weight is 514 g/mol. The summed E-state index contributed by atoms with van der Waals surface area (Å²) in [6, 6.07) is 30.3. The Morgan fingerprint density at radius 3 is 2.46 bits per heavy atom. The van der Waals surface area contributed by atoms with Crippen molar-refractivity contribution in [2.75, 3.05) is 10.6 Å². The second kappa shape index (κ2) is 11.2. The first-order valence-electron chi connectivity index (χ1n) is 13.2. The van der Waals surface area contributed by atoms with Crippen LogP contribution >= 0.6 is 0 Å². The van der Waals surface area contributed by atoms with Gasteiger partial charge in [0.05, 0.1) is 34.0 Å². The molecule has 0 bridgehead atoms. The zero-order valence-corrected chi connectivity index (χ0v) is 22.5. The summed E-state index contributed by atoms with van der Waals surface area (Å²) in [6.45, 7) is 4.59. The zero-order chi connectivity index (χ0) is 27.4. The van der Waals surface area contributed by atoms with Gasteiger partial charge in [-0.2, -0.15) is 5.26 Å². The van der Waals surface area contributed by atoms with Crippen molar-refractivity contribution in [2.24, 2.45) is 7.05 Å². The van der Waals surface area contributed by atoms with Crippen LogP contribution in [0.25, 0.3) is 33.5 Å². The molecule has 0 aliphatic carbocycles. The number of nitriles is 1. The summed E-state index contributed by atoms with van der Waals surface area (Å²) < 4.78 is 2.10. The van der Waals surface area contributed by atoms with Crippen molar-refractivity contribution in [3.8, 4) is 28.6 Å². The monoisotopic (exact) mass is 513 g/mol. The molecule has 0 aliphatic heterocycles. The van der Waals surface area contributed by atoms with Gasteiger partial charge in [-0.05, 0) is 65.9 Å². The van der Waals surface area contributed by atoms with E-state index in [9.17, 15) is 10.1 Å². The summed E-state index contributed by atoms with van der Waals surface area (Å²) in [7, 11) is 2.02. The minimum absolute atomic E-state index is 0.000332. The third-order valence-electron chi connectivity index (χ3n) is 6.92. The van der Waals surface area contributed by atoms with Crippen LogP contribution in [-0.4, -0.2) is 15.5 Å². The number of nitrogens with one attached hydrogen (secondary N) is 2. The molecule has 5 rings (SSSR count). The van der Waals surface area contributed by atoms with E-state index >= 15 is 0 Å². The molecule has 6 heteroatoms. The Balaban J connectivity index is 1.46. The molecular weight excluding hydrogens is 482 g/mol. The van der Waals surface area contributed by atoms with E-state index in [0.29, 0.717) is 18.5 Å². The Morgan fingerprint density at radius 1 is 0.974 bits per heavy atom. The predicted molar refractivity (Wildman–Crippen MR) is 158 cm³/mol. The second-order valence-corrected chi connectivity index (χ2v) is 9.70. The van der Waals surface area contributed by atoms with Crippen LogP contribution in [0.1, 0.15) is 36.5 Å². The number of anilines is 2. The molecule has 39 heavy (non-hydrogen) atoms. The number of carbonyl (C=O) groups is 1. The Bertz CT molecular complexity index is 1690. The first-order chi connectivity index (χ1) is 19.0. The Morgan fingerprint density at radius 2 is 1.72 bits per heavy atom. The fourth-order valence-electron chi connectivity index (χ4n) is 4.89. The van der Waals surface area contributed by atoms with Gasteiger partial charge < -0.3 is 15.2 Å². The number of hydrogen-bond donors (Lipinski definition) is 2. The molecule has 4 aromatic carbocycles.